The van der Waals surface area contributed by atoms with Crippen molar-refractivity contribution < 1.29 is 18.7 Å². The Labute approximate surface area is 188 Å². The van der Waals surface area contributed by atoms with Gasteiger partial charge in [0.05, 0.1) is 19.4 Å². The third-order valence-corrected chi connectivity index (χ3v) is 5.50. The number of hydrogen-bond donors (Lipinski definition) is 1. The van der Waals surface area contributed by atoms with Gasteiger partial charge in [0.15, 0.2) is 4.80 Å². The topological polar surface area (TPSA) is 64.8 Å². The molecule has 164 valence electrons. The van der Waals surface area contributed by atoms with Crippen LogP contribution in [0.4, 0.5) is 14.9 Å². The van der Waals surface area contributed by atoms with Crippen molar-refractivity contribution in [3.05, 3.63) is 63.5 Å². The van der Waals surface area contributed by atoms with Gasteiger partial charge in [-0.3, -0.25) is 0 Å². The molecule has 0 aliphatic heterocycles. The van der Waals surface area contributed by atoms with Crippen LogP contribution in [0.1, 0.15) is 13.3 Å². The number of nitrogens with zero attached hydrogens (tertiary/aromatic N) is 2. The second kappa shape index (κ2) is 11.0. The summed E-state index contributed by atoms with van der Waals surface area (Å²) in [7, 11) is 1.57. The third-order valence-electron chi connectivity index (χ3n) is 4.40. The smallest absolute Gasteiger partial charge is 0.407 e. The Morgan fingerprint density at radius 3 is 2.74 bits per heavy atom. The molecule has 0 radical (unpaired) electrons. The van der Waals surface area contributed by atoms with Crippen molar-refractivity contribution in [2.75, 3.05) is 20.3 Å². The standard InChI is InChI=1S/C22H23ClFN3O3S/c1-3-30-22(28)25-11-4-12-27-19(15-5-8-17(24)9-6-15)14-31-21(27)26-18-10-7-16(23)13-20(18)29-2/h5-10,13-14H,3-4,11-12H2,1-2H3,(H,25,28)/b26-21-. The zero-order valence-electron chi connectivity index (χ0n) is 17.2. The molecule has 0 aliphatic rings. The molecule has 0 saturated heterocycles. The molecule has 0 aliphatic carbocycles. The quantitative estimate of drug-likeness (QED) is 0.456. The molecule has 0 bridgehead atoms. The number of rotatable bonds is 8. The lowest BCUT2D eigenvalue weighted by molar-refractivity contribution is 0.152. The highest BCUT2D eigenvalue weighted by molar-refractivity contribution is 7.07. The number of carbonyl (C=O) groups is 1. The summed E-state index contributed by atoms with van der Waals surface area (Å²) in [6, 6.07) is 11.6. The number of alkyl carbamates (subject to hydrolysis) is 1. The molecule has 31 heavy (non-hydrogen) atoms. The summed E-state index contributed by atoms with van der Waals surface area (Å²) in [4.78, 5) is 17.0. The van der Waals surface area contributed by atoms with Crippen molar-refractivity contribution in [1.29, 1.82) is 0 Å². The zero-order valence-corrected chi connectivity index (χ0v) is 18.8. The first-order valence-electron chi connectivity index (χ1n) is 9.75. The molecular formula is C22H23ClFN3O3S. The number of halogens is 2. The minimum atomic E-state index is -0.438. The van der Waals surface area contributed by atoms with E-state index in [1.165, 1.54) is 23.5 Å². The van der Waals surface area contributed by atoms with E-state index < -0.39 is 6.09 Å². The number of carbonyl (C=O) groups excluding carboxylic acids is 1. The number of ether oxygens (including phenoxy) is 2. The minimum absolute atomic E-state index is 0.292. The average Bonchev–Trinajstić information content (AvgIpc) is 3.15. The highest BCUT2D eigenvalue weighted by Crippen LogP contribution is 2.30. The number of benzene rings is 2. The molecule has 1 heterocycles. The molecule has 0 spiro atoms. The van der Waals surface area contributed by atoms with E-state index in [1.807, 2.05) is 9.95 Å². The van der Waals surface area contributed by atoms with E-state index in [1.54, 1.807) is 44.4 Å². The van der Waals surface area contributed by atoms with Crippen LogP contribution in [0, 0.1) is 5.82 Å². The fraction of sp³-hybridized carbons (Fsp3) is 0.273. The molecule has 0 saturated carbocycles. The number of aromatic nitrogens is 1. The summed E-state index contributed by atoms with van der Waals surface area (Å²) in [5.74, 6) is 0.278. The van der Waals surface area contributed by atoms with Gasteiger partial charge in [-0.2, -0.15) is 0 Å². The molecule has 3 rings (SSSR count). The van der Waals surface area contributed by atoms with Crippen molar-refractivity contribution in [2.24, 2.45) is 4.99 Å². The number of hydrogen-bond acceptors (Lipinski definition) is 5. The second-order valence-corrected chi connectivity index (χ2v) is 7.76. The lowest BCUT2D eigenvalue weighted by Crippen LogP contribution is -2.27. The molecule has 1 aromatic heterocycles. The van der Waals surface area contributed by atoms with E-state index in [4.69, 9.17) is 26.1 Å². The van der Waals surface area contributed by atoms with Gasteiger partial charge in [-0.25, -0.2) is 14.2 Å². The van der Waals surface area contributed by atoms with E-state index in [9.17, 15) is 9.18 Å². The monoisotopic (exact) mass is 463 g/mol. The Bertz CT molecular complexity index is 1100. The number of thiazole rings is 1. The molecule has 0 unspecified atom stereocenters. The van der Waals surface area contributed by atoms with Gasteiger partial charge in [0.1, 0.15) is 17.3 Å². The van der Waals surface area contributed by atoms with Crippen molar-refractivity contribution >= 4 is 34.7 Å². The van der Waals surface area contributed by atoms with Crippen LogP contribution in [0.5, 0.6) is 5.75 Å². The number of amides is 1. The predicted octanol–water partition coefficient (Wildman–Crippen LogP) is 5.39. The van der Waals surface area contributed by atoms with Crippen molar-refractivity contribution in [1.82, 2.24) is 9.88 Å². The van der Waals surface area contributed by atoms with Crippen LogP contribution < -0.4 is 14.9 Å². The molecule has 6 nitrogen and oxygen atoms in total. The van der Waals surface area contributed by atoms with E-state index in [0.29, 0.717) is 42.6 Å². The first-order valence-corrected chi connectivity index (χ1v) is 11.0. The number of nitrogens with one attached hydrogen (secondary N) is 1. The summed E-state index contributed by atoms with van der Waals surface area (Å²) in [6.07, 6.45) is 0.224. The molecule has 9 heteroatoms. The molecule has 1 amide bonds. The second-order valence-electron chi connectivity index (χ2n) is 6.49. The fourth-order valence-electron chi connectivity index (χ4n) is 2.94. The average molecular weight is 464 g/mol. The molecule has 0 atom stereocenters. The normalized spacial score (nSPS) is 11.4. The maximum absolute atomic E-state index is 13.4. The van der Waals surface area contributed by atoms with Gasteiger partial charge in [-0.15, -0.1) is 11.3 Å². The highest BCUT2D eigenvalue weighted by Gasteiger charge is 2.10. The summed E-state index contributed by atoms with van der Waals surface area (Å²) in [5.41, 5.74) is 2.44. The Morgan fingerprint density at radius 1 is 1.26 bits per heavy atom. The van der Waals surface area contributed by atoms with Crippen LogP contribution >= 0.6 is 22.9 Å². The van der Waals surface area contributed by atoms with E-state index in [0.717, 1.165) is 16.1 Å². The maximum atomic E-state index is 13.4. The van der Waals surface area contributed by atoms with Gasteiger partial charge in [0.2, 0.25) is 0 Å². The van der Waals surface area contributed by atoms with E-state index in [-0.39, 0.29) is 5.82 Å². The van der Waals surface area contributed by atoms with Crippen LogP contribution in [0.25, 0.3) is 11.3 Å². The third kappa shape index (κ3) is 6.08. The molecule has 1 N–H and O–H groups in total. The van der Waals surface area contributed by atoms with Gasteiger partial charge >= 0.3 is 6.09 Å². The summed E-state index contributed by atoms with van der Waals surface area (Å²) in [6.45, 7) is 3.13. The van der Waals surface area contributed by atoms with Gasteiger partial charge < -0.3 is 19.4 Å². The Balaban J connectivity index is 1.93. The minimum Gasteiger partial charge on any atom is -0.494 e. The fourth-order valence-corrected chi connectivity index (χ4v) is 4.05. The van der Waals surface area contributed by atoms with Crippen LogP contribution in [0.15, 0.2) is 52.8 Å². The largest absolute Gasteiger partial charge is 0.494 e. The van der Waals surface area contributed by atoms with Crippen molar-refractivity contribution in [3.63, 3.8) is 0 Å². The van der Waals surface area contributed by atoms with Crippen LogP contribution in [0.2, 0.25) is 5.02 Å². The van der Waals surface area contributed by atoms with Gasteiger partial charge in [0, 0.05) is 29.6 Å². The first kappa shape index (κ1) is 22.8. The summed E-state index contributed by atoms with van der Waals surface area (Å²) >= 11 is 7.53. The Kier molecular flexibility index (Phi) is 8.08. The van der Waals surface area contributed by atoms with Crippen LogP contribution in [-0.2, 0) is 11.3 Å². The molecule has 0 fully saturated rings. The Hall–Kier alpha value is -2.84. The Morgan fingerprint density at radius 2 is 2.03 bits per heavy atom. The van der Waals surface area contributed by atoms with Crippen molar-refractivity contribution in [2.45, 2.75) is 19.9 Å². The number of methoxy groups -OCH3 is 1. The lowest BCUT2D eigenvalue weighted by atomic mass is 10.1. The lowest BCUT2D eigenvalue weighted by Gasteiger charge is -2.11. The maximum Gasteiger partial charge on any atom is 0.407 e. The van der Waals surface area contributed by atoms with E-state index >= 15 is 0 Å². The zero-order chi connectivity index (χ0) is 22.2. The van der Waals surface area contributed by atoms with Crippen LogP contribution in [0.3, 0.4) is 0 Å². The van der Waals surface area contributed by atoms with Gasteiger partial charge in [0.25, 0.3) is 0 Å². The molecular weight excluding hydrogens is 441 g/mol. The SMILES string of the molecule is CCOC(=O)NCCCn1c(-c2ccc(F)cc2)cs/c1=N\c1ccc(Cl)cc1OC. The van der Waals surface area contributed by atoms with Gasteiger partial charge in [-0.05, 0) is 55.3 Å². The highest BCUT2D eigenvalue weighted by atomic mass is 35.5. The molecule has 3 aromatic rings. The van der Waals surface area contributed by atoms with E-state index in [2.05, 4.69) is 5.32 Å². The summed E-state index contributed by atoms with van der Waals surface area (Å²) in [5, 5.41) is 5.26. The predicted molar refractivity (Wildman–Crippen MR) is 121 cm³/mol. The first-order chi connectivity index (χ1) is 15.0. The van der Waals surface area contributed by atoms with Crippen LogP contribution in [-0.4, -0.2) is 30.9 Å². The summed E-state index contributed by atoms with van der Waals surface area (Å²) < 4.78 is 25.7. The molecule has 2 aromatic carbocycles. The van der Waals surface area contributed by atoms with Crippen molar-refractivity contribution in [3.8, 4) is 17.0 Å². The van der Waals surface area contributed by atoms with Gasteiger partial charge in [-0.1, -0.05) is 11.6 Å².